The molecule has 0 aliphatic heterocycles. The Morgan fingerprint density at radius 1 is 1.28 bits per heavy atom. The molecule has 5 heteroatoms. The van der Waals surface area contributed by atoms with Crippen molar-refractivity contribution in [2.75, 3.05) is 0 Å². The van der Waals surface area contributed by atoms with Crippen LogP contribution in [0.5, 0.6) is 0 Å². The molecule has 1 rings (SSSR count). The molecule has 25 heavy (non-hydrogen) atoms. The largest absolute Gasteiger partial charge is 0.481 e. The van der Waals surface area contributed by atoms with Gasteiger partial charge in [-0.15, -0.1) is 0 Å². The summed E-state index contributed by atoms with van der Waals surface area (Å²) in [5.41, 5.74) is 0. The van der Waals surface area contributed by atoms with Crippen LogP contribution in [0.15, 0.2) is 36.5 Å². The lowest BCUT2D eigenvalue weighted by atomic mass is 9.90. The van der Waals surface area contributed by atoms with E-state index < -0.39 is 18.2 Å². The second-order valence-corrected chi connectivity index (χ2v) is 6.48. The first kappa shape index (κ1) is 21.3. The molecular formula is C20H30O5. The molecule has 1 fully saturated rings. The summed E-state index contributed by atoms with van der Waals surface area (Å²) >= 11 is 0. The molecule has 1 aliphatic rings. The molecule has 140 valence electrons. The average Bonchev–Trinajstić information content (AvgIpc) is 2.82. The third-order valence-electron chi connectivity index (χ3n) is 4.39. The van der Waals surface area contributed by atoms with Gasteiger partial charge in [-0.25, -0.2) is 0 Å². The van der Waals surface area contributed by atoms with Gasteiger partial charge in [0.1, 0.15) is 5.78 Å². The zero-order chi connectivity index (χ0) is 18.7. The maximum atomic E-state index is 12.1. The lowest BCUT2D eigenvalue weighted by Gasteiger charge is -2.16. The number of Topliss-reactive ketones (excluding diaryl/α,β-unsaturated/α-hetero) is 1. The minimum atomic E-state index is -0.806. The number of ketones is 1. The molecular weight excluding hydrogens is 320 g/mol. The highest BCUT2D eigenvalue weighted by molar-refractivity contribution is 5.84. The number of carboxylic acids is 1. The van der Waals surface area contributed by atoms with Gasteiger partial charge in [0, 0.05) is 24.7 Å². The molecule has 0 radical (unpaired) electrons. The molecule has 0 bridgehead atoms. The van der Waals surface area contributed by atoms with Gasteiger partial charge >= 0.3 is 5.97 Å². The van der Waals surface area contributed by atoms with Crippen molar-refractivity contribution in [3.8, 4) is 0 Å². The molecule has 0 aromatic carbocycles. The van der Waals surface area contributed by atoms with Crippen molar-refractivity contribution in [2.45, 2.75) is 64.1 Å². The summed E-state index contributed by atoms with van der Waals surface area (Å²) in [5.74, 6) is -1.32. The molecule has 0 amide bonds. The zero-order valence-electron chi connectivity index (χ0n) is 14.9. The number of carbonyl (C=O) groups is 2. The van der Waals surface area contributed by atoms with Gasteiger partial charge in [-0.1, -0.05) is 43.4 Å². The van der Waals surface area contributed by atoms with Crippen LogP contribution < -0.4 is 0 Å². The van der Waals surface area contributed by atoms with Crippen LogP contribution in [-0.4, -0.2) is 39.3 Å². The first-order chi connectivity index (χ1) is 12.0. The summed E-state index contributed by atoms with van der Waals surface area (Å²) < 4.78 is 0. The van der Waals surface area contributed by atoms with Crippen molar-refractivity contribution < 1.29 is 24.9 Å². The maximum absolute atomic E-state index is 12.1. The second kappa shape index (κ2) is 11.8. The highest BCUT2D eigenvalue weighted by Crippen LogP contribution is 2.33. The smallest absolute Gasteiger partial charge is 0.303 e. The Balaban J connectivity index is 2.52. The molecule has 4 atom stereocenters. The van der Waals surface area contributed by atoms with Gasteiger partial charge < -0.3 is 15.3 Å². The molecule has 0 saturated heterocycles. The maximum Gasteiger partial charge on any atom is 0.303 e. The molecule has 0 aromatic heterocycles. The Labute approximate surface area is 149 Å². The minimum Gasteiger partial charge on any atom is -0.481 e. The Hall–Kier alpha value is -1.72. The Bertz CT molecular complexity index is 506. The van der Waals surface area contributed by atoms with E-state index in [2.05, 4.69) is 0 Å². The van der Waals surface area contributed by atoms with Crippen molar-refractivity contribution in [1.29, 1.82) is 0 Å². The van der Waals surface area contributed by atoms with Crippen LogP contribution in [0.2, 0.25) is 0 Å². The quantitative estimate of drug-likeness (QED) is 0.393. The summed E-state index contributed by atoms with van der Waals surface area (Å²) in [7, 11) is 0. The second-order valence-electron chi connectivity index (χ2n) is 6.48. The number of aliphatic carboxylic acids is 1. The predicted octanol–water partition coefficient (Wildman–Crippen LogP) is 3.03. The molecule has 1 aliphatic carbocycles. The average molecular weight is 350 g/mol. The van der Waals surface area contributed by atoms with Crippen molar-refractivity contribution >= 4 is 11.8 Å². The van der Waals surface area contributed by atoms with Crippen LogP contribution in [0.1, 0.15) is 51.9 Å². The number of allylic oxidation sites excluding steroid dienone is 3. The van der Waals surface area contributed by atoms with E-state index in [0.717, 1.165) is 6.42 Å². The van der Waals surface area contributed by atoms with E-state index in [1.165, 1.54) is 0 Å². The lowest BCUT2D eigenvalue weighted by molar-refractivity contribution is -0.137. The van der Waals surface area contributed by atoms with Crippen molar-refractivity contribution in [2.24, 2.45) is 11.8 Å². The Kier molecular flexibility index (Phi) is 10.0. The van der Waals surface area contributed by atoms with Crippen LogP contribution in [0.4, 0.5) is 0 Å². The van der Waals surface area contributed by atoms with Crippen LogP contribution in [0.3, 0.4) is 0 Å². The number of aliphatic hydroxyl groups is 2. The van der Waals surface area contributed by atoms with E-state index in [0.29, 0.717) is 25.7 Å². The van der Waals surface area contributed by atoms with Crippen LogP contribution in [0.25, 0.3) is 0 Å². The van der Waals surface area contributed by atoms with E-state index in [9.17, 15) is 19.8 Å². The van der Waals surface area contributed by atoms with E-state index in [4.69, 9.17) is 5.11 Å². The third-order valence-corrected chi connectivity index (χ3v) is 4.39. The summed E-state index contributed by atoms with van der Waals surface area (Å²) in [6.07, 6.45) is 13.3. The molecule has 3 N–H and O–H groups in total. The fourth-order valence-corrected chi connectivity index (χ4v) is 3.00. The molecule has 1 saturated carbocycles. The molecule has 5 nitrogen and oxygen atoms in total. The standard InChI is InChI=1S/C20H30O5/c1-2-3-6-9-15(21)12-13-17-16(18(22)14-19(17)23)10-7-4-5-8-11-20(24)25/h3-4,6-7,12-13,15-17,19,21,23H,2,5,8-11,14H2,1H3,(H,24,25)/b6-3+,7-4-,13-12-/t15-,16+,17-,19+/m0/s1. The normalized spacial score (nSPS) is 25.6. The van der Waals surface area contributed by atoms with E-state index in [-0.39, 0.29) is 30.5 Å². The van der Waals surface area contributed by atoms with Crippen molar-refractivity contribution in [3.63, 3.8) is 0 Å². The van der Waals surface area contributed by atoms with Crippen molar-refractivity contribution in [3.05, 3.63) is 36.5 Å². The lowest BCUT2D eigenvalue weighted by Crippen LogP contribution is -2.18. The van der Waals surface area contributed by atoms with Gasteiger partial charge in [0.2, 0.25) is 0 Å². The Morgan fingerprint density at radius 3 is 2.72 bits per heavy atom. The highest BCUT2D eigenvalue weighted by atomic mass is 16.4. The van der Waals surface area contributed by atoms with Crippen molar-refractivity contribution in [1.82, 2.24) is 0 Å². The Morgan fingerprint density at radius 2 is 2.04 bits per heavy atom. The van der Waals surface area contributed by atoms with E-state index in [1.807, 2.05) is 31.2 Å². The van der Waals surface area contributed by atoms with Gasteiger partial charge in [-0.3, -0.25) is 9.59 Å². The number of rotatable bonds is 11. The van der Waals surface area contributed by atoms with Crippen LogP contribution >= 0.6 is 0 Å². The number of aliphatic hydroxyl groups excluding tert-OH is 2. The summed E-state index contributed by atoms with van der Waals surface area (Å²) in [4.78, 5) is 22.5. The molecule has 0 aromatic rings. The minimum absolute atomic E-state index is 0.0395. The van der Waals surface area contributed by atoms with Gasteiger partial charge in [0.15, 0.2) is 0 Å². The topological polar surface area (TPSA) is 94.8 Å². The highest BCUT2D eigenvalue weighted by Gasteiger charge is 2.39. The van der Waals surface area contributed by atoms with E-state index in [1.54, 1.807) is 12.2 Å². The van der Waals surface area contributed by atoms with Gasteiger partial charge in [-0.05, 0) is 32.1 Å². The van der Waals surface area contributed by atoms with E-state index >= 15 is 0 Å². The summed E-state index contributed by atoms with van der Waals surface area (Å²) in [6, 6.07) is 0. The number of hydrogen-bond acceptors (Lipinski definition) is 4. The van der Waals surface area contributed by atoms with Gasteiger partial charge in [0.05, 0.1) is 12.2 Å². The summed E-state index contributed by atoms with van der Waals surface area (Å²) in [5, 5.41) is 28.6. The number of carbonyl (C=O) groups excluding carboxylic acids is 1. The number of carboxylic acid groups (broad SMARTS) is 1. The van der Waals surface area contributed by atoms with Crippen LogP contribution in [-0.2, 0) is 9.59 Å². The predicted molar refractivity (Wildman–Crippen MR) is 97.0 cm³/mol. The first-order valence-electron chi connectivity index (χ1n) is 9.04. The fraction of sp³-hybridized carbons (Fsp3) is 0.600. The SMILES string of the molecule is CC/C=C/C[C@H](O)/C=C\[C@@H]1[C@H](O)CC(=O)[C@@H]1C/C=C\CCCC(=O)O. The number of unbranched alkanes of at least 4 members (excludes halogenated alkanes) is 1. The zero-order valence-corrected chi connectivity index (χ0v) is 14.9. The third kappa shape index (κ3) is 8.27. The molecule has 0 spiro atoms. The first-order valence-corrected chi connectivity index (χ1v) is 9.04. The number of hydrogen-bond donors (Lipinski definition) is 3. The molecule has 0 heterocycles. The molecule has 0 unspecified atom stereocenters. The van der Waals surface area contributed by atoms with Crippen LogP contribution in [0, 0.1) is 11.8 Å². The monoisotopic (exact) mass is 350 g/mol. The van der Waals surface area contributed by atoms with Gasteiger partial charge in [-0.2, -0.15) is 0 Å². The summed E-state index contributed by atoms with van der Waals surface area (Å²) in [6.45, 7) is 2.03. The van der Waals surface area contributed by atoms with Gasteiger partial charge in [0.25, 0.3) is 0 Å². The fourth-order valence-electron chi connectivity index (χ4n) is 3.00.